The smallest absolute Gasteiger partial charge is 0.229 e. The van der Waals surface area contributed by atoms with Gasteiger partial charge in [0.2, 0.25) is 5.95 Å². The van der Waals surface area contributed by atoms with Crippen LogP contribution in [0.5, 0.6) is 0 Å². The molecular weight excluding hydrogens is 377 g/mol. The zero-order valence-electron chi connectivity index (χ0n) is 10.8. The van der Waals surface area contributed by atoms with E-state index in [0.717, 1.165) is 28.7 Å². The highest BCUT2D eigenvalue weighted by Crippen LogP contribution is 2.20. The third-order valence-corrected chi connectivity index (χ3v) is 3.25. The highest BCUT2D eigenvalue weighted by atomic mass is 127. The van der Waals surface area contributed by atoms with Gasteiger partial charge >= 0.3 is 0 Å². The Morgan fingerprint density at radius 2 is 2.05 bits per heavy atom. The molecule has 4 nitrogen and oxygen atoms in total. The Labute approximate surface area is 129 Å². The summed E-state index contributed by atoms with van der Waals surface area (Å²) in [6.45, 7) is 2.86. The van der Waals surface area contributed by atoms with Crippen LogP contribution in [0.25, 0.3) is 0 Å². The lowest BCUT2D eigenvalue weighted by Gasteiger charge is -2.09. The van der Waals surface area contributed by atoms with Crippen molar-refractivity contribution >= 4 is 40.0 Å². The van der Waals surface area contributed by atoms with Crippen molar-refractivity contribution < 1.29 is 8.78 Å². The van der Waals surface area contributed by atoms with Crippen LogP contribution in [-0.4, -0.2) is 16.5 Å². The van der Waals surface area contributed by atoms with Crippen LogP contribution in [0.3, 0.4) is 0 Å². The Morgan fingerprint density at radius 1 is 1.25 bits per heavy atom. The molecule has 1 heterocycles. The Bertz CT molecular complexity index is 607. The summed E-state index contributed by atoms with van der Waals surface area (Å²) >= 11 is 2.13. The van der Waals surface area contributed by atoms with Crippen LogP contribution in [0.4, 0.5) is 26.2 Å². The summed E-state index contributed by atoms with van der Waals surface area (Å²) in [6, 6.07) is 3.55. The lowest BCUT2D eigenvalue weighted by molar-refractivity contribution is 0.509. The molecule has 0 radical (unpaired) electrons. The maximum absolute atomic E-state index is 13.1. The predicted octanol–water partition coefficient (Wildman–Crippen LogP) is 3.92. The largest absolute Gasteiger partial charge is 0.369 e. The van der Waals surface area contributed by atoms with Crippen LogP contribution in [0.2, 0.25) is 0 Å². The lowest BCUT2D eigenvalue weighted by Crippen LogP contribution is -2.07. The fourth-order valence-electron chi connectivity index (χ4n) is 1.50. The molecule has 1 aromatic carbocycles. The second-order valence-electron chi connectivity index (χ2n) is 4.07. The summed E-state index contributed by atoms with van der Waals surface area (Å²) < 4.78 is 26.9. The molecule has 0 aliphatic carbocycles. The van der Waals surface area contributed by atoms with Gasteiger partial charge in [-0.15, -0.1) is 0 Å². The molecule has 2 rings (SSSR count). The monoisotopic (exact) mass is 390 g/mol. The number of aromatic nitrogens is 2. The summed E-state index contributed by atoms with van der Waals surface area (Å²) in [5.74, 6) is -0.753. The van der Waals surface area contributed by atoms with Gasteiger partial charge in [0.1, 0.15) is 5.82 Å². The third-order valence-electron chi connectivity index (χ3n) is 2.46. The van der Waals surface area contributed by atoms with E-state index in [4.69, 9.17) is 0 Å². The van der Waals surface area contributed by atoms with Crippen molar-refractivity contribution in [1.82, 2.24) is 9.97 Å². The zero-order chi connectivity index (χ0) is 14.5. The number of benzene rings is 1. The molecule has 2 aromatic rings. The Morgan fingerprint density at radius 3 is 2.75 bits per heavy atom. The zero-order valence-corrected chi connectivity index (χ0v) is 12.9. The average Bonchev–Trinajstić information content (AvgIpc) is 2.43. The van der Waals surface area contributed by atoms with Crippen LogP contribution in [0.15, 0.2) is 24.4 Å². The third kappa shape index (κ3) is 3.75. The fraction of sp³-hybridized carbons (Fsp3) is 0.231. The number of rotatable bonds is 5. The van der Waals surface area contributed by atoms with Gasteiger partial charge in [0.05, 0.1) is 3.57 Å². The van der Waals surface area contributed by atoms with Crippen molar-refractivity contribution in [3.63, 3.8) is 0 Å². The van der Waals surface area contributed by atoms with Crippen LogP contribution in [-0.2, 0) is 0 Å². The van der Waals surface area contributed by atoms with Crippen molar-refractivity contribution in [3.8, 4) is 0 Å². The fourth-order valence-corrected chi connectivity index (χ4v) is 1.95. The number of hydrogen-bond donors (Lipinski definition) is 2. The van der Waals surface area contributed by atoms with Crippen molar-refractivity contribution in [2.45, 2.75) is 13.3 Å². The van der Waals surface area contributed by atoms with Gasteiger partial charge in [-0.3, -0.25) is 0 Å². The predicted molar refractivity (Wildman–Crippen MR) is 83.2 cm³/mol. The number of nitrogens with one attached hydrogen (secondary N) is 2. The minimum atomic E-state index is -0.912. The molecule has 0 saturated heterocycles. The van der Waals surface area contributed by atoms with Gasteiger partial charge in [-0.2, -0.15) is 4.98 Å². The molecule has 0 spiro atoms. The summed E-state index contributed by atoms with van der Waals surface area (Å²) in [6.07, 6.45) is 2.64. The van der Waals surface area contributed by atoms with E-state index in [0.29, 0.717) is 17.5 Å². The van der Waals surface area contributed by atoms with Crippen LogP contribution < -0.4 is 10.6 Å². The van der Waals surface area contributed by atoms with Gasteiger partial charge in [-0.05, 0) is 41.1 Å². The molecule has 0 aliphatic heterocycles. The molecule has 0 fully saturated rings. The average molecular weight is 390 g/mol. The first kappa shape index (κ1) is 14.9. The van der Waals surface area contributed by atoms with Gasteiger partial charge in [0, 0.05) is 24.5 Å². The van der Waals surface area contributed by atoms with E-state index in [9.17, 15) is 8.78 Å². The van der Waals surface area contributed by atoms with Crippen LogP contribution >= 0.6 is 22.6 Å². The molecule has 106 valence electrons. The van der Waals surface area contributed by atoms with E-state index in [1.54, 1.807) is 6.20 Å². The second kappa shape index (κ2) is 6.78. The number of nitrogens with zero attached hydrogens (tertiary/aromatic N) is 2. The Balaban J connectivity index is 2.18. The number of hydrogen-bond acceptors (Lipinski definition) is 4. The van der Waals surface area contributed by atoms with Gasteiger partial charge in [0.15, 0.2) is 11.6 Å². The standard InChI is InChI=1S/C13H13F2IN4/c1-2-5-17-12-11(16)7-18-13(20-12)19-8-3-4-9(14)10(15)6-8/h3-4,6-7H,2,5H2,1H3,(H2,17,18,19,20). The van der Waals surface area contributed by atoms with E-state index in [2.05, 4.69) is 50.1 Å². The van der Waals surface area contributed by atoms with Gasteiger partial charge in [0.25, 0.3) is 0 Å². The molecule has 0 bridgehead atoms. The molecule has 0 amide bonds. The van der Waals surface area contributed by atoms with Crippen LogP contribution in [0, 0.1) is 15.2 Å². The normalized spacial score (nSPS) is 10.4. The molecule has 0 aliphatic rings. The van der Waals surface area contributed by atoms with E-state index >= 15 is 0 Å². The topological polar surface area (TPSA) is 49.8 Å². The minimum absolute atomic E-state index is 0.329. The summed E-state index contributed by atoms with van der Waals surface area (Å²) in [5, 5.41) is 6.02. The molecule has 1 aromatic heterocycles. The molecule has 7 heteroatoms. The maximum Gasteiger partial charge on any atom is 0.229 e. The van der Waals surface area contributed by atoms with E-state index in [-0.39, 0.29) is 0 Å². The first-order valence-electron chi connectivity index (χ1n) is 6.08. The Hall–Kier alpha value is -1.51. The first-order chi connectivity index (χ1) is 9.60. The highest BCUT2D eigenvalue weighted by Gasteiger charge is 2.07. The molecule has 2 N–H and O–H groups in total. The van der Waals surface area contributed by atoms with Crippen molar-refractivity contribution in [3.05, 3.63) is 39.6 Å². The Kier molecular flexibility index (Phi) is 5.05. The van der Waals surface area contributed by atoms with Crippen LogP contribution in [0.1, 0.15) is 13.3 Å². The van der Waals surface area contributed by atoms with E-state index in [1.807, 2.05) is 0 Å². The van der Waals surface area contributed by atoms with E-state index < -0.39 is 11.6 Å². The molecule has 20 heavy (non-hydrogen) atoms. The van der Waals surface area contributed by atoms with Gasteiger partial charge in [-0.25, -0.2) is 13.8 Å². The number of anilines is 3. The summed E-state index contributed by atoms with van der Waals surface area (Å²) in [5.41, 5.74) is 0.395. The summed E-state index contributed by atoms with van der Waals surface area (Å²) in [7, 11) is 0. The lowest BCUT2D eigenvalue weighted by atomic mass is 10.3. The van der Waals surface area contributed by atoms with Crippen molar-refractivity contribution in [2.75, 3.05) is 17.2 Å². The highest BCUT2D eigenvalue weighted by molar-refractivity contribution is 14.1. The van der Waals surface area contributed by atoms with Crippen molar-refractivity contribution in [1.29, 1.82) is 0 Å². The molecule has 0 atom stereocenters. The molecular formula is C13H13F2IN4. The summed E-state index contributed by atoms with van der Waals surface area (Å²) in [4.78, 5) is 8.41. The van der Waals surface area contributed by atoms with Gasteiger partial charge < -0.3 is 10.6 Å². The SMILES string of the molecule is CCCNc1nc(Nc2ccc(F)c(F)c2)ncc1I. The second-order valence-corrected chi connectivity index (χ2v) is 5.23. The molecule has 0 unspecified atom stereocenters. The molecule has 0 saturated carbocycles. The number of halogens is 3. The quantitative estimate of drug-likeness (QED) is 0.760. The van der Waals surface area contributed by atoms with Gasteiger partial charge in [-0.1, -0.05) is 6.92 Å². The van der Waals surface area contributed by atoms with Crippen molar-refractivity contribution in [2.24, 2.45) is 0 Å². The van der Waals surface area contributed by atoms with E-state index in [1.165, 1.54) is 6.07 Å². The maximum atomic E-state index is 13.1. The minimum Gasteiger partial charge on any atom is -0.369 e. The first-order valence-corrected chi connectivity index (χ1v) is 7.16.